The summed E-state index contributed by atoms with van der Waals surface area (Å²) in [5.74, 6) is 0.678. The number of nitrogens with zero attached hydrogens (tertiary/aromatic N) is 3. The monoisotopic (exact) mass is 383 g/mol. The lowest BCUT2D eigenvalue weighted by atomic mass is 10.2. The Bertz CT molecular complexity index is 720. The standard InChI is InChI=1S/C17H19F2N3O3S/c1-22(15(23)6-9-26-17-20-7-3-8-21-17)11-12-4-5-13(25-16(18)19)14(10-12)24-2/h3-5,7-8,10,16H,6,9,11H2,1-2H3. The van der Waals surface area contributed by atoms with Crippen molar-refractivity contribution in [2.75, 3.05) is 19.9 Å². The minimum atomic E-state index is -2.93. The first-order chi connectivity index (χ1) is 12.5. The SMILES string of the molecule is COc1cc(CN(C)C(=O)CCSc2ncccn2)ccc1OC(F)F. The van der Waals surface area contributed by atoms with E-state index in [1.165, 1.54) is 24.9 Å². The number of hydrogen-bond acceptors (Lipinski definition) is 6. The Hall–Kier alpha value is -2.42. The van der Waals surface area contributed by atoms with E-state index < -0.39 is 6.61 Å². The van der Waals surface area contributed by atoms with E-state index in [0.29, 0.717) is 23.9 Å². The summed E-state index contributed by atoms with van der Waals surface area (Å²) >= 11 is 1.41. The zero-order valence-electron chi connectivity index (χ0n) is 14.4. The van der Waals surface area contributed by atoms with E-state index in [1.807, 2.05) is 0 Å². The van der Waals surface area contributed by atoms with Gasteiger partial charge in [0.25, 0.3) is 0 Å². The molecule has 0 atom stereocenters. The normalized spacial score (nSPS) is 10.7. The van der Waals surface area contributed by atoms with Crippen LogP contribution in [0.5, 0.6) is 11.5 Å². The van der Waals surface area contributed by atoms with Crippen LogP contribution in [0.15, 0.2) is 41.8 Å². The van der Waals surface area contributed by atoms with Crippen LogP contribution >= 0.6 is 11.8 Å². The van der Waals surface area contributed by atoms with Crippen molar-refractivity contribution in [1.82, 2.24) is 14.9 Å². The fourth-order valence-electron chi connectivity index (χ4n) is 2.15. The summed E-state index contributed by atoms with van der Waals surface area (Å²) in [6, 6.07) is 6.33. The number of rotatable bonds is 9. The van der Waals surface area contributed by atoms with Gasteiger partial charge in [0.05, 0.1) is 7.11 Å². The molecular formula is C17H19F2N3O3S. The first-order valence-electron chi connectivity index (χ1n) is 7.75. The van der Waals surface area contributed by atoms with Gasteiger partial charge in [-0.05, 0) is 23.8 Å². The molecule has 0 aliphatic rings. The molecule has 0 saturated heterocycles. The summed E-state index contributed by atoms with van der Waals surface area (Å²) in [4.78, 5) is 22.0. The van der Waals surface area contributed by atoms with Gasteiger partial charge in [-0.25, -0.2) is 9.97 Å². The van der Waals surface area contributed by atoms with Gasteiger partial charge in [0.15, 0.2) is 16.7 Å². The summed E-state index contributed by atoms with van der Waals surface area (Å²) in [6.45, 7) is -2.60. The number of hydrogen-bond donors (Lipinski definition) is 0. The van der Waals surface area contributed by atoms with Crippen molar-refractivity contribution in [3.05, 3.63) is 42.2 Å². The molecule has 1 heterocycles. The molecule has 1 aromatic heterocycles. The quantitative estimate of drug-likeness (QED) is 0.489. The predicted molar refractivity (Wildman–Crippen MR) is 93.5 cm³/mol. The van der Waals surface area contributed by atoms with Crippen molar-refractivity contribution in [3.8, 4) is 11.5 Å². The Morgan fingerprint density at radius 2 is 2.00 bits per heavy atom. The first kappa shape index (κ1) is 19.9. The van der Waals surface area contributed by atoms with Gasteiger partial charge in [0.1, 0.15) is 0 Å². The molecule has 9 heteroatoms. The largest absolute Gasteiger partial charge is 0.493 e. The highest BCUT2D eigenvalue weighted by molar-refractivity contribution is 7.99. The molecule has 6 nitrogen and oxygen atoms in total. The third-order valence-electron chi connectivity index (χ3n) is 3.38. The number of alkyl halides is 2. The third-order valence-corrected chi connectivity index (χ3v) is 4.26. The molecule has 0 radical (unpaired) electrons. The number of carbonyl (C=O) groups excluding carboxylic acids is 1. The summed E-state index contributed by atoms with van der Waals surface area (Å²) in [6.07, 6.45) is 3.64. The van der Waals surface area contributed by atoms with Crippen LogP contribution in [0.1, 0.15) is 12.0 Å². The molecule has 0 bridgehead atoms. The summed E-state index contributed by atoms with van der Waals surface area (Å²) in [5, 5.41) is 0.627. The number of amides is 1. The zero-order chi connectivity index (χ0) is 18.9. The fraction of sp³-hybridized carbons (Fsp3) is 0.353. The van der Waals surface area contributed by atoms with Gasteiger partial charge in [0.2, 0.25) is 5.91 Å². The van der Waals surface area contributed by atoms with Crippen molar-refractivity contribution < 1.29 is 23.0 Å². The van der Waals surface area contributed by atoms with Gasteiger partial charge < -0.3 is 14.4 Å². The predicted octanol–water partition coefficient (Wildman–Crippen LogP) is 3.23. The highest BCUT2D eigenvalue weighted by atomic mass is 32.2. The van der Waals surface area contributed by atoms with Crippen LogP contribution < -0.4 is 9.47 Å². The van der Waals surface area contributed by atoms with E-state index >= 15 is 0 Å². The second-order valence-electron chi connectivity index (χ2n) is 5.24. The minimum absolute atomic E-state index is 0.0414. The molecule has 0 saturated carbocycles. The molecule has 1 aromatic carbocycles. The number of aromatic nitrogens is 2. The van der Waals surface area contributed by atoms with Crippen LogP contribution in [0, 0.1) is 0 Å². The van der Waals surface area contributed by atoms with Crippen molar-refractivity contribution in [1.29, 1.82) is 0 Å². The average molecular weight is 383 g/mol. The second kappa shape index (κ2) is 9.91. The molecule has 0 N–H and O–H groups in total. The molecule has 0 aliphatic heterocycles. The van der Waals surface area contributed by atoms with E-state index in [2.05, 4.69) is 14.7 Å². The van der Waals surface area contributed by atoms with E-state index in [0.717, 1.165) is 5.56 Å². The molecule has 0 unspecified atom stereocenters. The molecule has 2 rings (SSSR count). The van der Waals surface area contributed by atoms with E-state index in [9.17, 15) is 13.6 Å². The van der Waals surface area contributed by atoms with Crippen LogP contribution in [-0.4, -0.2) is 47.3 Å². The second-order valence-corrected chi connectivity index (χ2v) is 6.31. The van der Waals surface area contributed by atoms with E-state index in [-0.39, 0.29) is 17.4 Å². The van der Waals surface area contributed by atoms with Crippen LogP contribution in [0.2, 0.25) is 0 Å². The first-order valence-corrected chi connectivity index (χ1v) is 8.73. The van der Waals surface area contributed by atoms with Crippen LogP contribution in [-0.2, 0) is 11.3 Å². The molecule has 0 spiro atoms. The van der Waals surface area contributed by atoms with E-state index in [4.69, 9.17) is 4.74 Å². The fourth-order valence-corrected chi connectivity index (χ4v) is 2.88. The van der Waals surface area contributed by atoms with Gasteiger partial charge in [-0.2, -0.15) is 8.78 Å². The molecule has 26 heavy (non-hydrogen) atoms. The number of methoxy groups -OCH3 is 1. The van der Waals surface area contributed by atoms with Crippen molar-refractivity contribution >= 4 is 17.7 Å². The highest BCUT2D eigenvalue weighted by Crippen LogP contribution is 2.29. The molecule has 0 aliphatic carbocycles. The van der Waals surface area contributed by atoms with Gasteiger partial charge in [0, 0.05) is 38.2 Å². The summed E-state index contributed by atoms with van der Waals surface area (Å²) < 4.78 is 34.2. The van der Waals surface area contributed by atoms with Crippen LogP contribution in [0.3, 0.4) is 0 Å². The lowest BCUT2D eigenvalue weighted by Gasteiger charge is -2.18. The highest BCUT2D eigenvalue weighted by Gasteiger charge is 2.14. The van der Waals surface area contributed by atoms with Gasteiger partial charge >= 0.3 is 6.61 Å². The Kier molecular flexibility index (Phi) is 7.58. The zero-order valence-corrected chi connectivity index (χ0v) is 15.2. The van der Waals surface area contributed by atoms with Crippen molar-refractivity contribution in [3.63, 3.8) is 0 Å². The topological polar surface area (TPSA) is 64.5 Å². The lowest BCUT2D eigenvalue weighted by Crippen LogP contribution is -2.26. The Morgan fingerprint density at radius 1 is 1.27 bits per heavy atom. The van der Waals surface area contributed by atoms with Gasteiger partial charge in [-0.3, -0.25) is 4.79 Å². The number of carbonyl (C=O) groups is 1. The maximum absolute atomic E-state index is 12.4. The minimum Gasteiger partial charge on any atom is -0.493 e. The van der Waals surface area contributed by atoms with E-state index in [1.54, 1.807) is 42.5 Å². The Morgan fingerprint density at radius 3 is 2.65 bits per heavy atom. The van der Waals surface area contributed by atoms with Gasteiger partial charge in [-0.1, -0.05) is 17.8 Å². The van der Waals surface area contributed by atoms with Crippen LogP contribution in [0.25, 0.3) is 0 Å². The average Bonchev–Trinajstić information content (AvgIpc) is 2.63. The molecule has 0 fully saturated rings. The van der Waals surface area contributed by atoms with Crippen LogP contribution in [0.4, 0.5) is 8.78 Å². The molecule has 1 amide bonds. The third kappa shape index (κ3) is 6.14. The smallest absolute Gasteiger partial charge is 0.387 e. The maximum atomic E-state index is 12.4. The van der Waals surface area contributed by atoms with Crippen molar-refractivity contribution in [2.45, 2.75) is 24.7 Å². The number of ether oxygens (including phenoxy) is 2. The molecule has 2 aromatic rings. The Balaban J connectivity index is 1.87. The summed E-state index contributed by atoms with van der Waals surface area (Å²) in [7, 11) is 3.05. The Labute approximate surface area is 154 Å². The summed E-state index contributed by atoms with van der Waals surface area (Å²) in [5.41, 5.74) is 0.748. The lowest BCUT2D eigenvalue weighted by molar-refractivity contribution is -0.129. The maximum Gasteiger partial charge on any atom is 0.387 e. The molecular weight excluding hydrogens is 364 g/mol. The van der Waals surface area contributed by atoms with Crippen molar-refractivity contribution in [2.24, 2.45) is 0 Å². The number of halogens is 2. The number of benzene rings is 1. The number of thioether (sulfide) groups is 1. The molecule has 140 valence electrons. The van der Waals surface area contributed by atoms with Gasteiger partial charge in [-0.15, -0.1) is 0 Å².